The summed E-state index contributed by atoms with van der Waals surface area (Å²) in [6.45, 7) is 2.47. The lowest BCUT2D eigenvalue weighted by Crippen LogP contribution is -2.22. The molecule has 0 fully saturated rings. The number of amides is 1. The summed E-state index contributed by atoms with van der Waals surface area (Å²) < 4.78 is 5.08. The van der Waals surface area contributed by atoms with Crippen LogP contribution >= 0.6 is 11.3 Å². The van der Waals surface area contributed by atoms with Gasteiger partial charge in [-0.15, -0.1) is 0 Å². The number of hydrogen-bond donors (Lipinski definition) is 1. The molecule has 0 saturated heterocycles. The number of thiophene rings is 1. The van der Waals surface area contributed by atoms with Crippen molar-refractivity contribution in [3.63, 3.8) is 0 Å². The predicted molar refractivity (Wildman–Crippen MR) is 73.2 cm³/mol. The molecule has 0 bridgehead atoms. The number of rotatable bonds is 4. The van der Waals surface area contributed by atoms with E-state index in [1.807, 2.05) is 41.9 Å². The van der Waals surface area contributed by atoms with E-state index in [0.717, 1.165) is 22.4 Å². The van der Waals surface area contributed by atoms with E-state index in [2.05, 4.69) is 5.32 Å². The lowest BCUT2D eigenvalue weighted by Gasteiger charge is -2.06. The first-order valence-corrected chi connectivity index (χ1v) is 6.59. The number of hydrogen-bond acceptors (Lipinski definition) is 3. The third-order valence-corrected chi connectivity index (χ3v) is 3.57. The fourth-order valence-electron chi connectivity index (χ4n) is 1.61. The molecule has 0 aliphatic carbocycles. The number of carbonyl (C=O) groups excluding carboxylic acids is 1. The van der Waals surface area contributed by atoms with Gasteiger partial charge in [0.15, 0.2) is 0 Å². The van der Waals surface area contributed by atoms with Crippen molar-refractivity contribution in [2.75, 3.05) is 7.11 Å². The molecule has 94 valence electrons. The van der Waals surface area contributed by atoms with Gasteiger partial charge in [-0.1, -0.05) is 12.1 Å². The molecular weight excluding hydrogens is 246 g/mol. The molecule has 1 amide bonds. The molecular formula is C14H15NO2S. The maximum atomic E-state index is 11.9. The highest BCUT2D eigenvalue weighted by Gasteiger charge is 2.08. The standard InChI is InChI=1S/C14H15NO2S/c1-10-8-18-9-13(10)14(16)15-7-11-3-5-12(17-2)6-4-11/h3-6,8-9H,7H2,1-2H3,(H,15,16). The Balaban J connectivity index is 1.95. The van der Waals surface area contributed by atoms with Crippen LogP contribution in [0, 0.1) is 6.92 Å². The third kappa shape index (κ3) is 2.90. The van der Waals surface area contributed by atoms with E-state index in [4.69, 9.17) is 4.74 Å². The summed E-state index contributed by atoms with van der Waals surface area (Å²) in [5.41, 5.74) is 2.83. The molecule has 1 aromatic heterocycles. The molecule has 1 N–H and O–H groups in total. The molecule has 4 heteroatoms. The average molecular weight is 261 g/mol. The Morgan fingerprint density at radius 2 is 2.00 bits per heavy atom. The SMILES string of the molecule is COc1ccc(CNC(=O)c2cscc2C)cc1. The number of aryl methyl sites for hydroxylation is 1. The zero-order valence-electron chi connectivity index (χ0n) is 10.4. The van der Waals surface area contributed by atoms with Gasteiger partial charge in [-0.2, -0.15) is 11.3 Å². The molecule has 0 radical (unpaired) electrons. The van der Waals surface area contributed by atoms with E-state index in [1.165, 1.54) is 0 Å². The Morgan fingerprint density at radius 1 is 1.28 bits per heavy atom. The minimum atomic E-state index is -0.0235. The first-order chi connectivity index (χ1) is 8.70. The van der Waals surface area contributed by atoms with E-state index < -0.39 is 0 Å². The topological polar surface area (TPSA) is 38.3 Å². The number of nitrogens with one attached hydrogen (secondary N) is 1. The quantitative estimate of drug-likeness (QED) is 0.918. The Kier molecular flexibility index (Phi) is 3.99. The first-order valence-electron chi connectivity index (χ1n) is 5.64. The van der Waals surface area contributed by atoms with Gasteiger partial charge in [-0.25, -0.2) is 0 Å². The first kappa shape index (κ1) is 12.6. The maximum absolute atomic E-state index is 11.9. The molecule has 2 aromatic rings. The average Bonchev–Trinajstić information content (AvgIpc) is 2.83. The summed E-state index contributed by atoms with van der Waals surface area (Å²) in [7, 11) is 1.64. The van der Waals surface area contributed by atoms with Crippen molar-refractivity contribution >= 4 is 17.2 Å². The molecule has 3 nitrogen and oxygen atoms in total. The Bertz CT molecular complexity index is 531. The normalized spacial score (nSPS) is 10.1. The van der Waals surface area contributed by atoms with E-state index in [9.17, 15) is 4.79 Å². The van der Waals surface area contributed by atoms with Gasteiger partial charge >= 0.3 is 0 Å². The van der Waals surface area contributed by atoms with Crippen LogP contribution in [0.15, 0.2) is 35.0 Å². The Hall–Kier alpha value is -1.81. The summed E-state index contributed by atoms with van der Waals surface area (Å²) in [4.78, 5) is 11.9. The van der Waals surface area contributed by atoms with Gasteiger partial charge in [0.05, 0.1) is 12.7 Å². The second-order valence-electron chi connectivity index (χ2n) is 4.00. The van der Waals surface area contributed by atoms with Gasteiger partial charge < -0.3 is 10.1 Å². The van der Waals surface area contributed by atoms with Crippen molar-refractivity contribution in [2.45, 2.75) is 13.5 Å². The summed E-state index contributed by atoms with van der Waals surface area (Å²) >= 11 is 1.54. The van der Waals surface area contributed by atoms with Crippen LogP contribution in [0.4, 0.5) is 0 Å². The maximum Gasteiger partial charge on any atom is 0.252 e. The van der Waals surface area contributed by atoms with Crippen LogP contribution in [0.25, 0.3) is 0 Å². The molecule has 0 unspecified atom stereocenters. The molecule has 2 rings (SSSR count). The number of ether oxygens (including phenoxy) is 1. The van der Waals surface area contributed by atoms with Crippen molar-refractivity contribution in [2.24, 2.45) is 0 Å². The number of carbonyl (C=O) groups is 1. The number of benzene rings is 1. The lowest BCUT2D eigenvalue weighted by molar-refractivity contribution is 0.0951. The van der Waals surface area contributed by atoms with Crippen molar-refractivity contribution in [3.05, 3.63) is 51.7 Å². The molecule has 0 aliphatic rings. The van der Waals surface area contributed by atoms with Crippen LogP contribution in [-0.4, -0.2) is 13.0 Å². The lowest BCUT2D eigenvalue weighted by atomic mass is 10.2. The van der Waals surface area contributed by atoms with Gasteiger partial charge in [-0.3, -0.25) is 4.79 Å². The van der Waals surface area contributed by atoms with Crippen molar-refractivity contribution in [1.29, 1.82) is 0 Å². The second-order valence-corrected chi connectivity index (χ2v) is 4.74. The number of methoxy groups -OCH3 is 1. The van der Waals surface area contributed by atoms with Crippen molar-refractivity contribution in [3.8, 4) is 5.75 Å². The molecule has 0 aliphatic heterocycles. The van der Waals surface area contributed by atoms with E-state index in [0.29, 0.717) is 6.54 Å². The van der Waals surface area contributed by atoms with E-state index in [-0.39, 0.29) is 5.91 Å². The van der Waals surface area contributed by atoms with Crippen LogP contribution in [0.3, 0.4) is 0 Å². The van der Waals surface area contributed by atoms with Crippen LogP contribution < -0.4 is 10.1 Å². The highest BCUT2D eigenvalue weighted by Crippen LogP contribution is 2.14. The summed E-state index contributed by atoms with van der Waals surface area (Å²) in [5, 5.41) is 6.75. The molecule has 1 heterocycles. The monoisotopic (exact) mass is 261 g/mol. The van der Waals surface area contributed by atoms with Crippen molar-refractivity contribution < 1.29 is 9.53 Å². The third-order valence-electron chi connectivity index (χ3n) is 2.71. The fraction of sp³-hybridized carbons (Fsp3) is 0.214. The Labute approximate surface area is 110 Å². The smallest absolute Gasteiger partial charge is 0.252 e. The van der Waals surface area contributed by atoms with Gasteiger partial charge in [0.1, 0.15) is 5.75 Å². The van der Waals surface area contributed by atoms with Gasteiger partial charge in [0.2, 0.25) is 0 Å². The van der Waals surface area contributed by atoms with Gasteiger partial charge in [0.25, 0.3) is 5.91 Å². The minimum absolute atomic E-state index is 0.0235. The molecule has 1 aromatic carbocycles. The molecule has 18 heavy (non-hydrogen) atoms. The van der Waals surface area contributed by atoms with Crippen LogP contribution in [-0.2, 0) is 6.54 Å². The predicted octanol–water partition coefficient (Wildman–Crippen LogP) is 3.00. The fourth-order valence-corrected chi connectivity index (χ4v) is 2.44. The summed E-state index contributed by atoms with van der Waals surface area (Å²) in [6, 6.07) is 7.66. The largest absolute Gasteiger partial charge is 0.497 e. The van der Waals surface area contributed by atoms with Crippen LogP contribution in [0.1, 0.15) is 21.5 Å². The Morgan fingerprint density at radius 3 is 2.56 bits per heavy atom. The van der Waals surface area contributed by atoms with Crippen LogP contribution in [0.2, 0.25) is 0 Å². The zero-order valence-corrected chi connectivity index (χ0v) is 11.2. The van der Waals surface area contributed by atoms with E-state index >= 15 is 0 Å². The zero-order chi connectivity index (χ0) is 13.0. The minimum Gasteiger partial charge on any atom is -0.497 e. The molecule has 0 spiro atoms. The molecule has 0 saturated carbocycles. The van der Waals surface area contributed by atoms with Gasteiger partial charge in [0, 0.05) is 11.9 Å². The summed E-state index contributed by atoms with van der Waals surface area (Å²) in [6.07, 6.45) is 0. The van der Waals surface area contributed by atoms with E-state index in [1.54, 1.807) is 18.4 Å². The highest BCUT2D eigenvalue weighted by molar-refractivity contribution is 7.08. The van der Waals surface area contributed by atoms with Crippen molar-refractivity contribution in [1.82, 2.24) is 5.32 Å². The summed E-state index contributed by atoms with van der Waals surface area (Å²) in [5.74, 6) is 0.795. The van der Waals surface area contributed by atoms with Crippen LogP contribution in [0.5, 0.6) is 5.75 Å². The molecule has 0 atom stereocenters. The van der Waals surface area contributed by atoms with Gasteiger partial charge in [-0.05, 0) is 35.6 Å². The second kappa shape index (κ2) is 5.69. The highest BCUT2D eigenvalue weighted by atomic mass is 32.1.